The summed E-state index contributed by atoms with van der Waals surface area (Å²) < 4.78 is 33.3. The predicted octanol–water partition coefficient (Wildman–Crippen LogP) is 1.91. The Labute approximate surface area is 162 Å². The molecule has 11 heteroatoms. The first-order valence-electron chi connectivity index (χ1n) is 8.04. The minimum absolute atomic E-state index is 0.205. The Balaban J connectivity index is 1.71. The second-order valence-electron chi connectivity index (χ2n) is 5.59. The van der Waals surface area contributed by atoms with E-state index in [4.69, 9.17) is 0 Å². The Bertz CT molecular complexity index is 1090. The van der Waals surface area contributed by atoms with Crippen LogP contribution in [-0.4, -0.2) is 39.7 Å². The van der Waals surface area contributed by atoms with Gasteiger partial charge in [-0.3, -0.25) is 14.6 Å². The van der Waals surface area contributed by atoms with Crippen LogP contribution >= 0.6 is 0 Å². The molecular formula is C18H13F2N5O4. The van der Waals surface area contributed by atoms with Crippen LogP contribution in [0.15, 0.2) is 49.1 Å². The zero-order valence-electron chi connectivity index (χ0n) is 14.8. The highest BCUT2D eigenvalue weighted by Gasteiger charge is 2.21. The number of amides is 2. The summed E-state index contributed by atoms with van der Waals surface area (Å²) in [6, 6.07) is 4.50. The van der Waals surface area contributed by atoms with E-state index in [1.54, 1.807) is 24.5 Å². The number of nitrogens with one attached hydrogen (secondary N) is 2. The maximum Gasteiger partial charge on any atom is 0.340 e. The molecule has 0 atom stereocenters. The van der Waals surface area contributed by atoms with Crippen molar-refractivity contribution in [3.63, 3.8) is 0 Å². The Morgan fingerprint density at radius 3 is 2.41 bits per heavy atom. The molecule has 0 aliphatic carbocycles. The predicted molar refractivity (Wildman–Crippen MR) is 96.3 cm³/mol. The van der Waals surface area contributed by atoms with Crippen LogP contribution in [-0.2, 0) is 14.3 Å². The van der Waals surface area contributed by atoms with Gasteiger partial charge in [0.1, 0.15) is 11.6 Å². The van der Waals surface area contributed by atoms with E-state index >= 15 is 0 Å². The van der Waals surface area contributed by atoms with E-state index in [1.807, 2.05) is 5.32 Å². The number of aromatic nitrogens is 3. The summed E-state index contributed by atoms with van der Waals surface area (Å²) in [5.74, 6) is -5.75. The van der Waals surface area contributed by atoms with Crippen LogP contribution < -0.4 is 10.6 Å². The topological polar surface area (TPSA) is 115 Å². The third-order valence-corrected chi connectivity index (χ3v) is 3.68. The van der Waals surface area contributed by atoms with Gasteiger partial charge in [0, 0.05) is 18.5 Å². The van der Waals surface area contributed by atoms with Crippen molar-refractivity contribution in [1.29, 1.82) is 0 Å². The smallest absolute Gasteiger partial charge is 0.340 e. The molecular weight excluding hydrogens is 388 g/mol. The first-order valence-corrected chi connectivity index (χ1v) is 8.04. The lowest BCUT2D eigenvalue weighted by Crippen LogP contribution is -2.29. The second-order valence-corrected chi connectivity index (χ2v) is 5.59. The molecule has 0 unspecified atom stereocenters. The van der Waals surface area contributed by atoms with Gasteiger partial charge in [-0.25, -0.2) is 18.3 Å². The van der Waals surface area contributed by atoms with Crippen LogP contribution in [0.3, 0.4) is 0 Å². The zero-order valence-corrected chi connectivity index (χ0v) is 14.8. The lowest BCUT2D eigenvalue weighted by Gasteiger charge is -2.09. The van der Waals surface area contributed by atoms with Gasteiger partial charge in [0.2, 0.25) is 0 Å². The van der Waals surface area contributed by atoms with Crippen molar-refractivity contribution >= 4 is 29.2 Å². The van der Waals surface area contributed by atoms with E-state index in [2.05, 4.69) is 20.1 Å². The molecule has 2 heterocycles. The third-order valence-electron chi connectivity index (χ3n) is 3.68. The molecule has 0 saturated carbocycles. The van der Waals surface area contributed by atoms with Crippen molar-refractivity contribution in [2.45, 2.75) is 0 Å². The fourth-order valence-electron chi connectivity index (χ4n) is 2.30. The molecule has 0 fully saturated rings. The van der Waals surface area contributed by atoms with Gasteiger partial charge in [0.05, 0.1) is 42.1 Å². The Hall–Kier alpha value is -4.15. The van der Waals surface area contributed by atoms with E-state index in [-0.39, 0.29) is 5.69 Å². The largest absolute Gasteiger partial charge is 0.465 e. The number of rotatable bonds is 4. The van der Waals surface area contributed by atoms with E-state index in [9.17, 15) is 23.2 Å². The first kappa shape index (κ1) is 19.6. The van der Waals surface area contributed by atoms with Crippen molar-refractivity contribution in [3.05, 3.63) is 66.3 Å². The number of pyridine rings is 1. The molecule has 3 rings (SSSR count). The lowest BCUT2D eigenvalue weighted by molar-refractivity contribution is -0.133. The molecule has 0 aliphatic heterocycles. The van der Waals surface area contributed by atoms with Gasteiger partial charge in [0.25, 0.3) is 0 Å². The van der Waals surface area contributed by atoms with Gasteiger partial charge >= 0.3 is 17.8 Å². The van der Waals surface area contributed by atoms with E-state index in [0.717, 1.165) is 13.2 Å². The summed E-state index contributed by atoms with van der Waals surface area (Å²) in [5, 5.41) is 8.31. The molecule has 0 saturated heterocycles. The number of methoxy groups -OCH3 is 1. The molecule has 0 bridgehead atoms. The fourth-order valence-corrected chi connectivity index (χ4v) is 2.30. The quantitative estimate of drug-likeness (QED) is 0.510. The van der Waals surface area contributed by atoms with Crippen LogP contribution in [0.2, 0.25) is 0 Å². The maximum absolute atomic E-state index is 13.9. The monoisotopic (exact) mass is 401 g/mol. The van der Waals surface area contributed by atoms with Gasteiger partial charge in [-0.2, -0.15) is 5.10 Å². The number of hydrogen-bond acceptors (Lipinski definition) is 6. The molecule has 0 radical (unpaired) electrons. The maximum atomic E-state index is 13.9. The number of carbonyl (C=O) groups excluding carboxylic acids is 3. The highest BCUT2D eigenvalue weighted by atomic mass is 19.1. The minimum atomic E-state index is -1.23. The summed E-state index contributed by atoms with van der Waals surface area (Å²) in [5.41, 5.74) is -0.270. The fraction of sp³-hybridized carbons (Fsp3) is 0.0556. The molecule has 3 aromatic rings. The van der Waals surface area contributed by atoms with Gasteiger partial charge in [-0.05, 0) is 18.2 Å². The molecule has 29 heavy (non-hydrogen) atoms. The highest BCUT2D eigenvalue weighted by molar-refractivity contribution is 6.43. The van der Waals surface area contributed by atoms with Gasteiger partial charge in [0.15, 0.2) is 0 Å². The molecule has 2 N–H and O–H groups in total. The van der Waals surface area contributed by atoms with Crippen LogP contribution in [0.5, 0.6) is 0 Å². The SMILES string of the molecule is COC(=O)c1cc(NC(=O)C(=O)Nc2cnn(-c3ccncc3)c2)c(F)cc1F. The number of nitrogens with zero attached hydrogens (tertiary/aromatic N) is 3. The average Bonchev–Trinajstić information content (AvgIpc) is 3.18. The Kier molecular flexibility index (Phi) is 5.58. The van der Waals surface area contributed by atoms with Crippen LogP contribution in [0, 0.1) is 11.6 Å². The van der Waals surface area contributed by atoms with Crippen molar-refractivity contribution in [2.75, 3.05) is 17.7 Å². The first-order chi connectivity index (χ1) is 13.9. The van der Waals surface area contributed by atoms with E-state index in [0.29, 0.717) is 11.8 Å². The van der Waals surface area contributed by atoms with Crippen molar-refractivity contribution in [2.24, 2.45) is 0 Å². The summed E-state index contributed by atoms with van der Waals surface area (Å²) >= 11 is 0. The van der Waals surface area contributed by atoms with Crippen LogP contribution in [0.1, 0.15) is 10.4 Å². The summed E-state index contributed by atoms with van der Waals surface area (Å²) in [7, 11) is 1.02. The molecule has 2 amide bonds. The van der Waals surface area contributed by atoms with Gasteiger partial charge in [-0.1, -0.05) is 0 Å². The van der Waals surface area contributed by atoms with Crippen molar-refractivity contribution in [1.82, 2.24) is 14.8 Å². The normalized spacial score (nSPS) is 10.3. The van der Waals surface area contributed by atoms with Crippen molar-refractivity contribution < 1.29 is 27.9 Å². The van der Waals surface area contributed by atoms with Gasteiger partial charge < -0.3 is 15.4 Å². The molecule has 148 valence electrons. The minimum Gasteiger partial charge on any atom is -0.465 e. The number of halogens is 2. The third kappa shape index (κ3) is 4.40. The number of benzene rings is 1. The number of ether oxygens (including phenoxy) is 1. The molecule has 1 aromatic carbocycles. The molecule has 9 nitrogen and oxygen atoms in total. The number of hydrogen-bond donors (Lipinski definition) is 2. The van der Waals surface area contributed by atoms with Crippen LogP contribution in [0.4, 0.5) is 20.2 Å². The summed E-state index contributed by atoms with van der Waals surface area (Å²) in [6.07, 6.45) is 5.87. The number of anilines is 2. The molecule has 0 aliphatic rings. The second kappa shape index (κ2) is 8.25. The summed E-state index contributed by atoms with van der Waals surface area (Å²) in [4.78, 5) is 39.5. The highest BCUT2D eigenvalue weighted by Crippen LogP contribution is 2.20. The standard InChI is InChI=1S/C18H13F2N5O4/c1-29-18(28)12-6-15(14(20)7-13(12)19)24-17(27)16(26)23-10-8-22-25(9-10)11-2-4-21-5-3-11/h2-9H,1H3,(H,23,26)(H,24,27). The molecule has 0 spiro atoms. The van der Waals surface area contributed by atoms with E-state index in [1.165, 1.54) is 17.1 Å². The number of carbonyl (C=O) groups is 3. The number of esters is 1. The molecule has 2 aromatic heterocycles. The average molecular weight is 401 g/mol. The summed E-state index contributed by atoms with van der Waals surface area (Å²) in [6.45, 7) is 0. The lowest BCUT2D eigenvalue weighted by atomic mass is 10.1. The zero-order chi connectivity index (χ0) is 21.0. The van der Waals surface area contributed by atoms with Gasteiger partial charge in [-0.15, -0.1) is 0 Å². The Morgan fingerprint density at radius 1 is 1.03 bits per heavy atom. The van der Waals surface area contributed by atoms with Crippen LogP contribution in [0.25, 0.3) is 5.69 Å². The Morgan fingerprint density at radius 2 is 1.72 bits per heavy atom. The van der Waals surface area contributed by atoms with E-state index < -0.39 is 40.7 Å². The van der Waals surface area contributed by atoms with Crippen molar-refractivity contribution in [3.8, 4) is 5.69 Å².